The minimum absolute atomic E-state index is 0.263. The highest BCUT2D eigenvalue weighted by molar-refractivity contribution is 8.00. The third kappa shape index (κ3) is 2.71. The number of aliphatic carboxylic acids is 1. The van der Waals surface area contributed by atoms with Gasteiger partial charge in [0, 0.05) is 4.75 Å². The van der Waals surface area contributed by atoms with Crippen LogP contribution in [0, 0.1) is 0 Å². The highest BCUT2D eigenvalue weighted by Crippen LogP contribution is 2.25. The summed E-state index contributed by atoms with van der Waals surface area (Å²) < 4.78 is -0.263. The Kier molecular flexibility index (Phi) is 3.89. The van der Waals surface area contributed by atoms with Crippen molar-refractivity contribution in [3.8, 4) is 0 Å². The number of carboxylic acids is 1. The molecule has 0 heterocycles. The first-order valence-corrected chi connectivity index (χ1v) is 4.63. The van der Waals surface area contributed by atoms with Crippen molar-refractivity contribution in [3.05, 3.63) is 0 Å². The Labute approximate surface area is 71.6 Å². The van der Waals surface area contributed by atoms with Crippen molar-refractivity contribution >= 4 is 17.7 Å². The van der Waals surface area contributed by atoms with Gasteiger partial charge < -0.3 is 10.4 Å². The van der Waals surface area contributed by atoms with Gasteiger partial charge in [-0.15, -0.1) is 0 Å². The summed E-state index contributed by atoms with van der Waals surface area (Å²) in [6.45, 7) is 3.82. The molecule has 0 saturated carbocycles. The molecule has 0 rings (SSSR count). The topological polar surface area (TPSA) is 49.3 Å². The van der Waals surface area contributed by atoms with Crippen molar-refractivity contribution < 1.29 is 9.90 Å². The molecule has 0 spiro atoms. The van der Waals surface area contributed by atoms with Crippen LogP contribution in [0.5, 0.6) is 0 Å². The number of hydrogen-bond acceptors (Lipinski definition) is 3. The van der Waals surface area contributed by atoms with Gasteiger partial charge in [-0.05, 0) is 27.2 Å². The number of carbonyl (C=O) groups is 1. The largest absolute Gasteiger partial charge is 0.480 e. The second-order valence-corrected chi connectivity index (χ2v) is 4.33. The zero-order valence-electron chi connectivity index (χ0n) is 7.34. The monoisotopic (exact) mass is 177 g/mol. The van der Waals surface area contributed by atoms with E-state index in [9.17, 15) is 4.79 Å². The Morgan fingerprint density at radius 3 is 2.18 bits per heavy atom. The lowest BCUT2D eigenvalue weighted by Gasteiger charge is -2.28. The van der Waals surface area contributed by atoms with Crippen LogP contribution in [0.25, 0.3) is 0 Å². The second kappa shape index (κ2) is 3.97. The van der Waals surface area contributed by atoms with E-state index in [0.717, 1.165) is 0 Å². The highest BCUT2D eigenvalue weighted by Gasteiger charge is 2.32. The van der Waals surface area contributed by atoms with Gasteiger partial charge in [0.05, 0.1) is 0 Å². The van der Waals surface area contributed by atoms with Crippen LogP contribution in [0.2, 0.25) is 0 Å². The number of likely N-dealkylation sites (N-methyl/N-ethyl adjacent to an activating group) is 1. The summed E-state index contributed by atoms with van der Waals surface area (Å²) in [5.41, 5.74) is 0. The number of nitrogens with one attached hydrogen (secondary N) is 1. The molecule has 0 aromatic heterocycles. The van der Waals surface area contributed by atoms with Crippen LogP contribution in [0.1, 0.15) is 13.8 Å². The van der Waals surface area contributed by atoms with Gasteiger partial charge in [0.1, 0.15) is 6.04 Å². The van der Waals surface area contributed by atoms with E-state index in [4.69, 9.17) is 5.11 Å². The van der Waals surface area contributed by atoms with Gasteiger partial charge in [-0.2, -0.15) is 11.8 Å². The summed E-state index contributed by atoms with van der Waals surface area (Å²) in [5, 5.41) is 11.5. The molecule has 66 valence electrons. The maximum Gasteiger partial charge on any atom is 0.322 e. The van der Waals surface area contributed by atoms with Gasteiger partial charge in [0.2, 0.25) is 0 Å². The molecule has 0 unspecified atom stereocenters. The first-order valence-electron chi connectivity index (χ1n) is 3.41. The number of carboxylic acid groups (broad SMARTS) is 1. The van der Waals surface area contributed by atoms with E-state index < -0.39 is 12.0 Å². The normalized spacial score (nSPS) is 14.5. The Hall–Kier alpha value is -0.220. The molecule has 4 heteroatoms. The molecule has 0 fully saturated rings. The van der Waals surface area contributed by atoms with Crippen molar-refractivity contribution in [1.82, 2.24) is 5.32 Å². The molecule has 3 nitrogen and oxygen atoms in total. The van der Waals surface area contributed by atoms with Crippen molar-refractivity contribution in [3.63, 3.8) is 0 Å². The summed E-state index contributed by atoms with van der Waals surface area (Å²) in [4.78, 5) is 10.7. The molecule has 11 heavy (non-hydrogen) atoms. The van der Waals surface area contributed by atoms with Crippen molar-refractivity contribution in [2.24, 2.45) is 0 Å². The van der Waals surface area contributed by atoms with E-state index in [2.05, 4.69) is 5.32 Å². The van der Waals surface area contributed by atoms with Crippen molar-refractivity contribution in [2.75, 3.05) is 13.3 Å². The summed E-state index contributed by atoms with van der Waals surface area (Å²) >= 11 is 1.54. The van der Waals surface area contributed by atoms with E-state index in [-0.39, 0.29) is 4.75 Å². The van der Waals surface area contributed by atoms with Gasteiger partial charge in [0.25, 0.3) is 0 Å². The minimum Gasteiger partial charge on any atom is -0.480 e. The molecule has 2 N–H and O–H groups in total. The number of thioether (sulfide) groups is 1. The summed E-state index contributed by atoms with van der Waals surface area (Å²) in [5.74, 6) is -0.799. The predicted molar refractivity (Wildman–Crippen MR) is 48.1 cm³/mol. The zero-order valence-corrected chi connectivity index (χ0v) is 8.16. The predicted octanol–water partition coefficient (Wildman–Crippen LogP) is 0.801. The molecule has 0 aliphatic carbocycles. The van der Waals surface area contributed by atoms with Crippen LogP contribution in [-0.2, 0) is 4.79 Å². The van der Waals surface area contributed by atoms with Crippen LogP contribution in [-0.4, -0.2) is 35.2 Å². The Morgan fingerprint density at radius 1 is 1.64 bits per heavy atom. The number of hydrogen-bond donors (Lipinski definition) is 2. The van der Waals surface area contributed by atoms with E-state index >= 15 is 0 Å². The van der Waals surface area contributed by atoms with Crippen LogP contribution in [0.3, 0.4) is 0 Å². The van der Waals surface area contributed by atoms with Crippen LogP contribution in [0.4, 0.5) is 0 Å². The molecular weight excluding hydrogens is 162 g/mol. The van der Waals surface area contributed by atoms with Crippen LogP contribution in [0.15, 0.2) is 0 Å². The smallest absolute Gasteiger partial charge is 0.322 e. The zero-order chi connectivity index (χ0) is 9.07. The van der Waals surface area contributed by atoms with Gasteiger partial charge >= 0.3 is 5.97 Å². The SMILES string of the molecule is CN[C@H](C(=O)O)C(C)(C)SC. The van der Waals surface area contributed by atoms with Gasteiger partial charge in [-0.1, -0.05) is 0 Å². The molecule has 0 amide bonds. The van der Waals surface area contributed by atoms with Crippen LogP contribution < -0.4 is 5.32 Å². The molecule has 0 bridgehead atoms. The molecule has 1 atom stereocenters. The quantitative estimate of drug-likeness (QED) is 0.667. The third-order valence-corrected chi connectivity index (χ3v) is 3.04. The summed E-state index contributed by atoms with van der Waals surface area (Å²) in [7, 11) is 1.66. The third-order valence-electron chi connectivity index (χ3n) is 1.76. The fraction of sp³-hybridized carbons (Fsp3) is 0.857. The molecule has 0 aliphatic heterocycles. The average molecular weight is 177 g/mol. The Bertz CT molecular complexity index is 147. The van der Waals surface area contributed by atoms with Crippen LogP contribution >= 0.6 is 11.8 Å². The molecule has 0 aromatic rings. The summed E-state index contributed by atoms with van der Waals surface area (Å²) in [6.07, 6.45) is 1.91. The van der Waals surface area contributed by atoms with Gasteiger partial charge in [-0.25, -0.2) is 0 Å². The first-order chi connectivity index (χ1) is 4.95. The van der Waals surface area contributed by atoms with E-state index in [1.807, 2.05) is 20.1 Å². The fourth-order valence-electron chi connectivity index (χ4n) is 0.886. The van der Waals surface area contributed by atoms with Gasteiger partial charge in [0.15, 0.2) is 0 Å². The highest BCUT2D eigenvalue weighted by atomic mass is 32.2. The standard InChI is InChI=1S/C7H15NO2S/c1-7(2,11-4)5(8-3)6(9)10/h5,8H,1-4H3,(H,9,10)/t5-/m1/s1. The lowest BCUT2D eigenvalue weighted by molar-refractivity contribution is -0.139. The first kappa shape index (κ1) is 10.8. The molecule has 0 radical (unpaired) electrons. The van der Waals surface area contributed by atoms with Crippen molar-refractivity contribution in [1.29, 1.82) is 0 Å². The molecule has 0 aliphatic rings. The lowest BCUT2D eigenvalue weighted by atomic mass is 10.0. The van der Waals surface area contributed by atoms with E-state index in [0.29, 0.717) is 0 Å². The molecular formula is C7H15NO2S. The Morgan fingerprint density at radius 2 is 2.09 bits per heavy atom. The van der Waals surface area contributed by atoms with Gasteiger partial charge in [-0.3, -0.25) is 4.79 Å². The lowest BCUT2D eigenvalue weighted by Crippen LogP contribution is -2.48. The fourth-order valence-corrected chi connectivity index (χ4v) is 1.34. The maximum atomic E-state index is 10.7. The molecule has 0 saturated heterocycles. The van der Waals surface area contributed by atoms with Crippen molar-refractivity contribution in [2.45, 2.75) is 24.6 Å². The second-order valence-electron chi connectivity index (χ2n) is 2.87. The summed E-state index contributed by atoms with van der Waals surface area (Å²) in [6, 6.07) is -0.488. The Balaban J connectivity index is 4.36. The number of rotatable bonds is 4. The maximum absolute atomic E-state index is 10.7. The minimum atomic E-state index is -0.799. The van der Waals surface area contributed by atoms with E-state index in [1.165, 1.54) is 0 Å². The van der Waals surface area contributed by atoms with E-state index in [1.54, 1.807) is 18.8 Å². The molecule has 0 aromatic carbocycles. The average Bonchev–Trinajstić information content (AvgIpc) is 1.88.